The Kier molecular flexibility index (Phi) is 4.83. The lowest BCUT2D eigenvalue weighted by Gasteiger charge is -2.36. The molecule has 2 saturated heterocycles. The fourth-order valence-corrected chi connectivity index (χ4v) is 3.84. The van der Waals surface area contributed by atoms with Gasteiger partial charge >= 0.3 is 0 Å². The average Bonchev–Trinajstić information content (AvgIpc) is 2.95. The standard InChI is InChI=1S/C18H26N6O/c25-16(23-7-3-1-2-4-8-23)13-22-9-11-24(12-10-22)18-15-5-6-19-17(15)20-14-21-18/h5-6,14H,1-4,7-13H2,(H,19,20,21). The molecule has 2 fully saturated rings. The minimum atomic E-state index is 0.297. The van der Waals surface area contributed by atoms with E-state index in [1.54, 1.807) is 6.33 Å². The second kappa shape index (κ2) is 7.39. The predicted molar refractivity (Wildman–Crippen MR) is 97.6 cm³/mol. The number of aromatic amines is 1. The molecule has 7 nitrogen and oxygen atoms in total. The van der Waals surface area contributed by atoms with Crippen LogP contribution in [0.3, 0.4) is 0 Å². The van der Waals surface area contributed by atoms with Crippen molar-refractivity contribution in [2.24, 2.45) is 0 Å². The molecule has 2 aliphatic heterocycles. The molecular formula is C18H26N6O. The van der Waals surface area contributed by atoms with Crippen molar-refractivity contribution < 1.29 is 4.79 Å². The lowest BCUT2D eigenvalue weighted by molar-refractivity contribution is -0.132. The Bertz CT molecular complexity index is 713. The number of hydrogen-bond donors (Lipinski definition) is 1. The average molecular weight is 342 g/mol. The van der Waals surface area contributed by atoms with Crippen LogP contribution in [0.5, 0.6) is 0 Å². The topological polar surface area (TPSA) is 68.4 Å². The van der Waals surface area contributed by atoms with Crippen LogP contribution in [0.15, 0.2) is 18.6 Å². The van der Waals surface area contributed by atoms with E-state index in [-0.39, 0.29) is 0 Å². The van der Waals surface area contributed by atoms with Crippen LogP contribution in [0.4, 0.5) is 5.82 Å². The SMILES string of the molecule is O=C(CN1CCN(c2ncnc3[nH]ccc23)CC1)N1CCCCCC1. The molecule has 0 atom stereocenters. The van der Waals surface area contributed by atoms with Crippen LogP contribution in [0, 0.1) is 0 Å². The van der Waals surface area contributed by atoms with Crippen LogP contribution in [-0.4, -0.2) is 76.5 Å². The summed E-state index contributed by atoms with van der Waals surface area (Å²) in [4.78, 5) is 31.1. The fourth-order valence-electron chi connectivity index (χ4n) is 3.84. The number of nitrogens with one attached hydrogen (secondary N) is 1. The highest BCUT2D eigenvalue weighted by atomic mass is 16.2. The highest BCUT2D eigenvalue weighted by molar-refractivity contribution is 5.87. The molecule has 1 N–H and O–H groups in total. The number of carbonyl (C=O) groups excluding carboxylic acids is 1. The first-order chi connectivity index (χ1) is 12.3. The fraction of sp³-hybridized carbons (Fsp3) is 0.611. The van der Waals surface area contributed by atoms with E-state index in [2.05, 4.69) is 29.7 Å². The van der Waals surface area contributed by atoms with Crippen molar-refractivity contribution in [1.29, 1.82) is 0 Å². The number of H-pyrrole nitrogens is 1. The Morgan fingerprint density at radius 1 is 1.00 bits per heavy atom. The van der Waals surface area contributed by atoms with Gasteiger partial charge < -0.3 is 14.8 Å². The third-order valence-electron chi connectivity index (χ3n) is 5.32. The van der Waals surface area contributed by atoms with Gasteiger partial charge in [-0.05, 0) is 18.9 Å². The molecule has 2 aromatic rings. The summed E-state index contributed by atoms with van der Waals surface area (Å²) in [6.07, 6.45) is 8.34. The monoisotopic (exact) mass is 342 g/mol. The third-order valence-corrected chi connectivity index (χ3v) is 5.32. The van der Waals surface area contributed by atoms with Gasteiger partial charge in [0, 0.05) is 45.5 Å². The van der Waals surface area contributed by atoms with Crippen molar-refractivity contribution in [3.8, 4) is 0 Å². The smallest absolute Gasteiger partial charge is 0.236 e. The molecule has 0 radical (unpaired) electrons. The zero-order valence-corrected chi connectivity index (χ0v) is 14.7. The first kappa shape index (κ1) is 16.3. The summed E-state index contributed by atoms with van der Waals surface area (Å²) >= 11 is 0. The molecule has 2 aromatic heterocycles. The van der Waals surface area contributed by atoms with E-state index in [4.69, 9.17) is 0 Å². The van der Waals surface area contributed by atoms with Gasteiger partial charge in [-0.1, -0.05) is 12.8 Å². The maximum atomic E-state index is 12.6. The maximum absolute atomic E-state index is 12.6. The van der Waals surface area contributed by atoms with Crippen LogP contribution >= 0.6 is 0 Å². The van der Waals surface area contributed by atoms with E-state index < -0.39 is 0 Å². The number of anilines is 1. The van der Waals surface area contributed by atoms with Gasteiger partial charge in [0.25, 0.3) is 0 Å². The molecule has 2 aliphatic rings. The first-order valence-electron chi connectivity index (χ1n) is 9.34. The highest BCUT2D eigenvalue weighted by Crippen LogP contribution is 2.23. The Morgan fingerprint density at radius 3 is 2.52 bits per heavy atom. The Balaban J connectivity index is 1.34. The van der Waals surface area contributed by atoms with Gasteiger partial charge in [-0.15, -0.1) is 0 Å². The molecule has 134 valence electrons. The number of fused-ring (bicyclic) bond motifs is 1. The summed E-state index contributed by atoms with van der Waals surface area (Å²) in [6.45, 7) is 6.01. The molecule has 4 rings (SSSR count). The minimum Gasteiger partial charge on any atom is -0.353 e. The van der Waals surface area contributed by atoms with Gasteiger partial charge in [-0.2, -0.15) is 0 Å². The van der Waals surface area contributed by atoms with Gasteiger partial charge in [-0.25, -0.2) is 9.97 Å². The molecule has 0 aliphatic carbocycles. The summed E-state index contributed by atoms with van der Waals surface area (Å²) < 4.78 is 0. The molecule has 25 heavy (non-hydrogen) atoms. The molecule has 0 bridgehead atoms. The number of rotatable bonds is 3. The van der Waals surface area contributed by atoms with E-state index in [1.165, 1.54) is 12.8 Å². The molecule has 0 unspecified atom stereocenters. The molecule has 4 heterocycles. The Hall–Kier alpha value is -2.15. The number of likely N-dealkylation sites (tertiary alicyclic amines) is 1. The summed E-state index contributed by atoms with van der Waals surface area (Å²) in [5.41, 5.74) is 0.878. The lowest BCUT2D eigenvalue weighted by atomic mass is 10.2. The summed E-state index contributed by atoms with van der Waals surface area (Å²) in [7, 11) is 0. The quantitative estimate of drug-likeness (QED) is 0.915. The molecule has 1 amide bonds. The van der Waals surface area contributed by atoms with Crippen molar-refractivity contribution in [3.63, 3.8) is 0 Å². The maximum Gasteiger partial charge on any atom is 0.236 e. The van der Waals surface area contributed by atoms with Crippen molar-refractivity contribution in [3.05, 3.63) is 18.6 Å². The number of hydrogen-bond acceptors (Lipinski definition) is 5. The lowest BCUT2D eigenvalue weighted by Crippen LogP contribution is -2.50. The van der Waals surface area contributed by atoms with Crippen molar-refractivity contribution >= 4 is 22.8 Å². The van der Waals surface area contributed by atoms with E-state index in [9.17, 15) is 4.79 Å². The van der Waals surface area contributed by atoms with Crippen LogP contribution in [-0.2, 0) is 4.79 Å². The second-order valence-electron chi connectivity index (χ2n) is 7.00. The van der Waals surface area contributed by atoms with Gasteiger partial charge in [-0.3, -0.25) is 9.69 Å². The van der Waals surface area contributed by atoms with E-state index in [0.717, 1.165) is 69.0 Å². The first-order valence-corrected chi connectivity index (χ1v) is 9.34. The van der Waals surface area contributed by atoms with Crippen LogP contribution in [0.1, 0.15) is 25.7 Å². The molecule has 0 spiro atoms. The van der Waals surface area contributed by atoms with Gasteiger partial charge in [0.15, 0.2) is 0 Å². The van der Waals surface area contributed by atoms with E-state index in [1.807, 2.05) is 12.3 Å². The van der Waals surface area contributed by atoms with Gasteiger partial charge in [0.05, 0.1) is 11.9 Å². The number of aromatic nitrogens is 3. The van der Waals surface area contributed by atoms with E-state index in [0.29, 0.717) is 12.5 Å². The van der Waals surface area contributed by atoms with Gasteiger partial charge in [0.2, 0.25) is 5.91 Å². The second-order valence-corrected chi connectivity index (χ2v) is 7.00. The minimum absolute atomic E-state index is 0.297. The molecule has 0 saturated carbocycles. The van der Waals surface area contributed by atoms with Gasteiger partial charge in [0.1, 0.15) is 17.8 Å². The summed E-state index contributed by atoms with van der Waals surface area (Å²) in [5.74, 6) is 1.29. The summed E-state index contributed by atoms with van der Waals surface area (Å²) in [5, 5.41) is 1.07. The van der Waals surface area contributed by atoms with Crippen molar-refractivity contribution in [1.82, 2.24) is 24.8 Å². The number of piperazine rings is 1. The largest absolute Gasteiger partial charge is 0.353 e. The zero-order valence-electron chi connectivity index (χ0n) is 14.7. The van der Waals surface area contributed by atoms with Crippen LogP contribution in [0.25, 0.3) is 11.0 Å². The van der Waals surface area contributed by atoms with Crippen molar-refractivity contribution in [2.75, 3.05) is 50.7 Å². The Labute approximate surface area is 148 Å². The number of nitrogens with zero attached hydrogens (tertiary/aromatic N) is 5. The van der Waals surface area contributed by atoms with E-state index >= 15 is 0 Å². The Morgan fingerprint density at radius 2 is 1.76 bits per heavy atom. The molecule has 7 heteroatoms. The third kappa shape index (κ3) is 3.61. The highest BCUT2D eigenvalue weighted by Gasteiger charge is 2.23. The zero-order chi connectivity index (χ0) is 17.1. The molecule has 0 aromatic carbocycles. The number of amides is 1. The number of carbonyl (C=O) groups is 1. The summed E-state index contributed by atoms with van der Waals surface area (Å²) in [6, 6.07) is 2.03. The van der Waals surface area contributed by atoms with Crippen molar-refractivity contribution in [2.45, 2.75) is 25.7 Å². The predicted octanol–water partition coefficient (Wildman–Crippen LogP) is 1.48. The van der Waals surface area contributed by atoms with Crippen LogP contribution in [0.2, 0.25) is 0 Å². The molecular weight excluding hydrogens is 316 g/mol. The van der Waals surface area contributed by atoms with Crippen LogP contribution < -0.4 is 4.90 Å². The normalized spacial score (nSPS) is 20.0.